The van der Waals surface area contributed by atoms with Crippen molar-refractivity contribution in [2.45, 2.75) is 19.0 Å². The Hall–Kier alpha value is -0.400. The quantitative estimate of drug-likeness (QED) is 0.412. The second-order valence-corrected chi connectivity index (χ2v) is 2.30. The van der Waals surface area contributed by atoms with Crippen LogP contribution in [0.5, 0.6) is 0 Å². The lowest BCUT2D eigenvalue weighted by molar-refractivity contribution is -0.505. The van der Waals surface area contributed by atoms with Gasteiger partial charge in [0.15, 0.2) is 12.7 Å². The van der Waals surface area contributed by atoms with E-state index >= 15 is 0 Å². The van der Waals surface area contributed by atoms with E-state index in [2.05, 4.69) is 0 Å². The Morgan fingerprint density at radius 1 is 1.75 bits per heavy atom. The van der Waals surface area contributed by atoms with E-state index < -0.39 is 6.17 Å². The number of alkyl halides is 1. The molecule has 0 fully saturated rings. The lowest BCUT2D eigenvalue weighted by atomic mass is 10.2. The molecule has 0 amide bonds. The Morgan fingerprint density at radius 2 is 2.50 bits per heavy atom. The summed E-state index contributed by atoms with van der Waals surface area (Å²) in [4.78, 5) is 0. The zero-order chi connectivity index (χ0) is 5.98. The minimum absolute atomic E-state index is 0.583. The zero-order valence-electron chi connectivity index (χ0n) is 5.10. The molecule has 0 bridgehead atoms. The van der Waals surface area contributed by atoms with Crippen molar-refractivity contribution >= 4 is 6.21 Å². The fourth-order valence-corrected chi connectivity index (χ4v) is 0.954. The molecule has 0 radical (unpaired) electrons. The first kappa shape index (κ1) is 5.73. The van der Waals surface area contributed by atoms with Crippen LogP contribution in [0.15, 0.2) is 0 Å². The number of halogens is 1. The Morgan fingerprint density at radius 3 is 2.88 bits per heavy atom. The fraction of sp³-hybridized carbons (Fsp3) is 0.833. The van der Waals surface area contributed by atoms with Gasteiger partial charge in [-0.25, -0.2) is 8.97 Å². The van der Waals surface area contributed by atoms with Crippen LogP contribution in [-0.2, 0) is 0 Å². The molecule has 0 N–H and O–H groups in total. The van der Waals surface area contributed by atoms with E-state index in [0.717, 1.165) is 6.42 Å². The molecule has 0 aliphatic carbocycles. The van der Waals surface area contributed by atoms with E-state index in [4.69, 9.17) is 0 Å². The Balaban J connectivity index is 2.45. The van der Waals surface area contributed by atoms with E-state index in [0.29, 0.717) is 13.0 Å². The summed E-state index contributed by atoms with van der Waals surface area (Å²) < 4.78 is 14.3. The highest BCUT2D eigenvalue weighted by Crippen LogP contribution is 2.04. The summed E-state index contributed by atoms with van der Waals surface area (Å²) in [5.41, 5.74) is 0. The molecule has 1 rings (SSSR count). The molecule has 1 heterocycles. The fourth-order valence-electron chi connectivity index (χ4n) is 0.954. The van der Waals surface area contributed by atoms with Crippen LogP contribution in [0.4, 0.5) is 4.39 Å². The highest BCUT2D eigenvalue weighted by atomic mass is 19.1. The standard InChI is InChI=1S/C6H11FN/c1-8-4-2-3-6(7)5-8/h4,6H,2-3,5H2,1H3/q+1. The smallest absolute Gasteiger partial charge is 0.173 e. The first-order valence-corrected chi connectivity index (χ1v) is 2.96. The van der Waals surface area contributed by atoms with Gasteiger partial charge in [0.1, 0.15) is 13.3 Å². The molecule has 0 spiro atoms. The molecule has 0 saturated heterocycles. The normalized spacial score (nSPS) is 29.8. The largest absolute Gasteiger partial charge is 0.240 e. The number of hydrogen-bond acceptors (Lipinski definition) is 0. The van der Waals surface area contributed by atoms with Crippen molar-refractivity contribution in [2.75, 3.05) is 13.6 Å². The molecule has 0 aromatic heterocycles. The maximum absolute atomic E-state index is 12.4. The molecule has 1 atom stereocenters. The van der Waals surface area contributed by atoms with Crippen molar-refractivity contribution in [3.05, 3.63) is 0 Å². The molecule has 0 aromatic rings. The van der Waals surface area contributed by atoms with Gasteiger partial charge in [-0.2, -0.15) is 0 Å². The van der Waals surface area contributed by atoms with E-state index in [-0.39, 0.29) is 0 Å². The van der Waals surface area contributed by atoms with Crippen molar-refractivity contribution < 1.29 is 8.97 Å². The van der Waals surface area contributed by atoms with Crippen LogP contribution in [0.2, 0.25) is 0 Å². The predicted octanol–water partition coefficient (Wildman–Crippen LogP) is 0.831. The van der Waals surface area contributed by atoms with Gasteiger partial charge in [0.2, 0.25) is 0 Å². The van der Waals surface area contributed by atoms with E-state index in [1.807, 2.05) is 17.8 Å². The lowest BCUT2D eigenvalue weighted by Gasteiger charge is -2.07. The van der Waals surface area contributed by atoms with Gasteiger partial charge in [0.05, 0.1) is 0 Å². The average Bonchev–Trinajstić information content (AvgIpc) is 1.64. The van der Waals surface area contributed by atoms with E-state index in [9.17, 15) is 4.39 Å². The summed E-state index contributed by atoms with van der Waals surface area (Å²) in [5.74, 6) is 0. The first-order valence-electron chi connectivity index (χ1n) is 2.96. The molecular formula is C6H11FN+. The molecule has 1 aliphatic heterocycles. The van der Waals surface area contributed by atoms with E-state index in [1.165, 1.54) is 0 Å². The van der Waals surface area contributed by atoms with Crippen molar-refractivity contribution in [3.8, 4) is 0 Å². The third-order valence-corrected chi connectivity index (χ3v) is 1.41. The van der Waals surface area contributed by atoms with Crippen LogP contribution < -0.4 is 0 Å². The van der Waals surface area contributed by atoms with Gasteiger partial charge in [-0.15, -0.1) is 0 Å². The number of rotatable bonds is 0. The Labute approximate surface area is 48.8 Å². The highest BCUT2D eigenvalue weighted by Gasteiger charge is 2.15. The summed E-state index contributed by atoms with van der Waals surface area (Å²) in [5, 5.41) is 0. The van der Waals surface area contributed by atoms with Gasteiger partial charge in [-0.1, -0.05) is 0 Å². The van der Waals surface area contributed by atoms with Gasteiger partial charge in [-0.3, -0.25) is 0 Å². The van der Waals surface area contributed by atoms with Crippen LogP contribution in [0, 0.1) is 0 Å². The number of nitrogens with zero attached hydrogens (tertiary/aromatic N) is 1. The van der Waals surface area contributed by atoms with Gasteiger partial charge in [0, 0.05) is 6.42 Å². The monoisotopic (exact) mass is 116 g/mol. The molecule has 0 aromatic carbocycles. The van der Waals surface area contributed by atoms with Gasteiger partial charge >= 0.3 is 0 Å². The topological polar surface area (TPSA) is 3.01 Å². The molecular weight excluding hydrogens is 105 g/mol. The molecule has 0 saturated carbocycles. The molecule has 1 aliphatic rings. The second-order valence-electron chi connectivity index (χ2n) is 2.30. The summed E-state index contributed by atoms with van der Waals surface area (Å²) in [6.07, 6.45) is 3.06. The van der Waals surface area contributed by atoms with Crippen LogP contribution >= 0.6 is 0 Å². The van der Waals surface area contributed by atoms with Crippen molar-refractivity contribution in [3.63, 3.8) is 0 Å². The molecule has 8 heavy (non-hydrogen) atoms. The Bertz CT molecular complexity index is 109. The molecule has 2 heteroatoms. The second kappa shape index (κ2) is 2.25. The molecule has 1 unspecified atom stereocenters. The van der Waals surface area contributed by atoms with Crippen molar-refractivity contribution in [1.82, 2.24) is 0 Å². The summed E-state index contributed by atoms with van der Waals surface area (Å²) in [6.45, 7) is 0.583. The summed E-state index contributed by atoms with van der Waals surface area (Å²) in [7, 11) is 1.91. The maximum atomic E-state index is 12.4. The van der Waals surface area contributed by atoms with Crippen LogP contribution in [0.25, 0.3) is 0 Å². The SMILES string of the molecule is C[N+]1=CCCC(F)C1. The number of hydrogen-bond donors (Lipinski definition) is 0. The van der Waals surface area contributed by atoms with Gasteiger partial charge in [-0.05, 0) is 6.42 Å². The third-order valence-electron chi connectivity index (χ3n) is 1.41. The van der Waals surface area contributed by atoms with Crippen molar-refractivity contribution in [1.29, 1.82) is 0 Å². The average molecular weight is 116 g/mol. The third kappa shape index (κ3) is 1.29. The highest BCUT2D eigenvalue weighted by molar-refractivity contribution is 5.51. The van der Waals surface area contributed by atoms with Crippen LogP contribution in [0.1, 0.15) is 12.8 Å². The first-order chi connectivity index (χ1) is 3.79. The predicted molar refractivity (Wildman–Crippen MR) is 31.2 cm³/mol. The minimum atomic E-state index is -0.593. The molecule has 1 nitrogen and oxygen atoms in total. The van der Waals surface area contributed by atoms with Crippen LogP contribution in [0.3, 0.4) is 0 Å². The Kier molecular flexibility index (Phi) is 1.61. The molecule has 46 valence electrons. The maximum Gasteiger partial charge on any atom is 0.173 e. The van der Waals surface area contributed by atoms with E-state index in [1.54, 1.807) is 0 Å². The summed E-state index contributed by atoms with van der Waals surface area (Å²) in [6, 6.07) is 0. The summed E-state index contributed by atoms with van der Waals surface area (Å²) >= 11 is 0. The van der Waals surface area contributed by atoms with Crippen molar-refractivity contribution in [2.24, 2.45) is 0 Å². The zero-order valence-corrected chi connectivity index (χ0v) is 5.10. The lowest BCUT2D eigenvalue weighted by Crippen LogP contribution is -2.24. The van der Waals surface area contributed by atoms with Crippen LogP contribution in [-0.4, -0.2) is 30.6 Å². The van der Waals surface area contributed by atoms with Gasteiger partial charge < -0.3 is 0 Å². The van der Waals surface area contributed by atoms with Gasteiger partial charge in [0.25, 0.3) is 0 Å². The minimum Gasteiger partial charge on any atom is -0.240 e.